The van der Waals surface area contributed by atoms with E-state index >= 15 is 0 Å². The number of hydrogen-bond donors (Lipinski definition) is 3. The molecule has 4 rings (SSSR count). The smallest absolute Gasteiger partial charge is 0.414 e. The molecule has 3 amide bonds. The largest absolute Gasteiger partial charge is 0.444 e. The summed E-state index contributed by atoms with van der Waals surface area (Å²) in [5.41, 5.74) is 6.92. The zero-order valence-corrected chi connectivity index (χ0v) is 17.3. The number of nitrogens with zero attached hydrogens (tertiary/aromatic N) is 1. The van der Waals surface area contributed by atoms with Gasteiger partial charge >= 0.3 is 6.09 Å². The summed E-state index contributed by atoms with van der Waals surface area (Å²) >= 11 is 1.45. The van der Waals surface area contributed by atoms with E-state index in [1.165, 1.54) is 34.9 Å². The molecule has 0 aromatic heterocycles. The van der Waals surface area contributed by atoms with E-state index in [0.29, 0.717) is 43.1 Å². The lowest BCUT2D eigenvalue weighted by atomic mass is 10.1. The second-order valence-electron chi connectivity index (χ2n) is 7.24. The maximum absolute atomic E-state index is 13.8. The number of amides is 3. The molecule has 0 aliphatic carbocycles. The van der Waals surface area contributed by atoms with Gasteiger partial charge in [-0.2, -0.15) is 0 Å². The normalized spacial score (nSPS) is 17.7. The van der Waals surface area contributed by atoms with Crippen molar-refractivity contribution < 1.29 is 23.5 Å². The highest BCUT2D eigenvalue weighted by Gasteiger charge is 2.32. The molecular formula is C21H21FN4O4S. The van der Waals surface area contributed by atoms with E-state index in [0.717, 1.165) is 4.90 Å². The van der Waals surface area contributed by atoms with Crippen LogP contribution in [-0.2, 0) is 9.53 Å². The first-order valence-electron chi connectivity index (χ1n) is 9.79. The number of ether oxygens (including phenoxy) is 1. The molecule has 2 aliphatic rings. The number of benzene rings is 2. The highest BCUT2D eigenvalue weighted by atomic mass is 32.2. The quantitative estimate of drug-likeness (QED) is 0.466. The number of carbonyl (C=O) groups is 3. The Hall–Kier alpha value is -3.27. The Balaban J connectivity index is 1.29. The number of nitrogens with one attached hydrogen (secondary N) is 2. The molecular weight excluding hydrogens is 423 g/mol. The first-order chi connectivity index (χ1) is 14.9. The van der Waals surface area contributed by atoms with Crippen LogP contribution in [0, 0.1) is 5.82 Å². The Morgan fingerprint density at radius 3 is 2.97 bits per heavy atom. The van der Waals surface area contributed by atoms with Crippen molar-refractivity contribution in [3.05, 3.63) is 47.8 Å². The SMILES string of the molecule is Nc1cccc(F)c1C(=O)NCCCC1CN(c2ccc3c(c2)NC(=O)CS3)C(=O)O1. The molecule has 8 nitrogen and oxygen atoms in total. The molecule has 0 saturated carbocycles. The summed E-state index contributed by atoms with van der Waals surface area (Å²) in [6.45, 7) is 0.662. The van der Waals surface area contributed by atoms with Crippen LogP contribution in [0.2, 0.25) is 0 Å². The number of nitrogens with two attached hydrogens (primary N) is 1. The molecule has 2 aliphatic heterocycles. The van der Waals surface area contributed by atoms with Gasteiger partial charge < -0.3 is 21.1 Å². The van der Waals surface area contributed by atoms with Gasteiger partial charge in [0.25, 0.3) is 5.91 Å². The number of halogens is 1. The molecule has 1 unspecified atom stereocenters. The maximum Gasteiger partial charge on any atom is 0.414 e. The summed E-state index contributed by atoms with van der Waals surface area (Å²) in [5, 5.41) is 5.45. The lowest BCUT2D eigenvalue weighted by Gasteiger charge is -2.20. The van der Waals surface area contributed by atoms with Crippen LogP contribution in [0.1, 0.15) is 23.2 Å². The molecule has 1 fully saturated rings. The van der Waals surface area contributed by atoms with Gasteiger partial charge in [0, 0.05) is 22.8 Å². The van der Waals surface area contributed by atoms with Crippen LogP contribution in [0.5, 0.6) is 0 Å². The van der Waals surface area contributed by atoms with Gasteiger partial charge in [0.1, 0.15) is 11.9 Å². The number of nitrogen functional groups attached to an aromatic ring is 1. The van der Waals surface area contributed by atoms with Crippen molar-refractivity contribution in [3.63, 3.8) is 0 Å². The highest BCUT2D eigenvalue weighted by Crippen LogP contribution is 2.35. The van der Waals surface area contributed by atoms with Crippen molar-refractivity contribution in [3.8, 4) is 0 Å². The lowest BCUT2D eigenvalue weighted by molar-refractivity contribution is -0.113. The predicted molar refractivity (Wildman–Crippen MR) is 116 cm³/mol. The van der Waals surface area contributed by atoms with Crippen LogP contribution in [0.3, 0.4) is 0 Å². The average molecular weight is 444 g/mol. The van der Waals surface area contributed by atoms with Crippen molar-refractivity contribution in [2.45, 2.75) is 23.8 Å². The molecule has 10 heteroatoms. The van der Waals surface area contributed by atoms with Crippen LogP contribution < -0.4 is 21.3 Å². The standard InChI is InChI=1S/C21H21FN4O4S/c22-14-4-1-5-15(23)19(14)20(28)24-8-2-3-13-10-26(21(29)30-13)12-6-7-17-16(9-12)25-18(27)11-31-17/h1,4-7,9,13H,2-3,8,10-11,23H2,(H,24,28)(H,25,27). The van der Waals surface area contributed by atoms with E-state index in [-0.39, 0.29) is 23.3 Å². The number of cyclic esters (lactones) is 1. The topological polar surface area (TPSA) is 114 Å². The van der Waals surface area contributed by atoms with Gasteiger partial charge in [0.2, 0.25) is 5.91 Å². The van der Waals surface area contributed by atoms with Crippen molar-refractivity contribution in [2.24, 2.45) is 0 Å². The van der Waals surface area contributed by atoms with E-state index in [9.17, 15) is 18.8 Å². The van der Waals surface area contributed by atoms with Crippen LogP contribution in [0.25, 0.3) is 0 Å². The second kappa shape index (κ2) is 8.84. The van der Waals surface area contributed by atoms with Crippen molar-refractivity contribution in [2.75, 3.05) is 34.8 Å². The summed E-state index contributed by atoms with van der Waals surface area (Å²) in [4.78, 5) is 38.5. The van der Waals surface area contributed by atoms with E-state index < -0.39 is 17.8 Å². The Morgan fingerprint density at radius 2 is 2.16 bits per heavy atom. The van der Waals surface area contributed by atoms with Gasteiger partial charge in [-0.1, -0.05) is 6.07 Å². The molecule has 1 atom stereocenters. The van der Waals surface area contributed by atoms with Gasteiger partial charge in [0.05, 0.1) is 23.5 Å². The van der Waals surface area contributed by atoms with Crippen molar-refractivity contribution >= 4 is 46.7 Å². The highest BCUT2D eigenvalue weighted by molar-refractivity contribution is 8.00. The number of thioether (sulfide) groups is 1. The Labute approximate surface area is 182 Å². The zero-order valence-electron chi connectivity index (χ0n) is 16.5. The van der Waals surface area contributed by atoms with Crippen LogP contribution >= 0.6 is 11.8 Å². The minimum atomic E-state index is -0.669. The van der Waals surface area contributed by atoms with Gasteiger partial charge in [-0.25, -0.2) is 9.18 Å². The molecule has 4 N–H and O–H groups in total. The first-order valence-corrected chi connectivity index (χ1v) is 10.8. The number of hydrogen-bond acceptors (Lipinski definition) is 6. The van der Waals surface area contributed by atoms with Crippen molar-refractivity contribution in [1.29, 1.82) is 0 Å². The fourth-order valence-corrected chi connectivity index (χ4v) is 4.31. The Kier molecular flexibility index (Phi) is 5.99. The third kappa shape index (κ3) is 4.58. The van der Waals surface area contributed by atoms with E-state index in [4.69, 9.17) is 10.5 Å². The number of anilines is 3. The lowest BCUT2D eigenvalue weighted by Crippen LogP contribution is -2.28. The molecule has 1 saturated heterocycles. The third-order valence-electron chi connectivity index (χ3n) is 5.04. The van der Waals surface area contributed by atoms with Crippen LogP contribution in [0.15, 0.2) is 41.3 Å². The summed E-state index contributed by atoms with van der Waals surface area (Å²) in [7, 11) is 0. The van der Waals surface area contributed by atoms with Gasteiger partial charge in [-0.15, -0.1) is 11.8 Å². The van der Waals surface area contributed by atoms with Crippen LogP contribution in [0.4, 0.5) is 26.2 Å². The first kappa shape index (κ1) is 21.0. The summed E-state index contributed by atoms with van der Waals surface area (Å²) in [6, 6.07) is 9.56. The number of carbonyl (C=O) groups excluding carboxylic acids is 3. The summed E-state index contributed by atoms with van der Waals surface area (Å²) in [5.74, 6) is -0.942. The molecule has 2 heterocycles. The minimum absolute atomic E-state index is 0.0734. The Bertz CT molecular complexity index is 1030. The zero-order chi connectivity index (χ0) is 22.0. The van der Waals surface area contributed by atoms with Gasteiger partial charge in [-0.3, -0.25) is 14.5 Å². The van der Waals surface area contributed by atoms with Gasteiger partial charge in [-0.05, 0) is 43.2 Å². The third-order valence-corrected chi connectivity index (χ3v) is 6.12. The average Bonchev–Trinajstić information content (AvgIpc) is 3.11. The molecule has 31 heavy (non-hydrogen) atoms. The Morgan fingerprint density at radius 1 is 1.32 bits per heavy atom. The molecule has 2 aromatic carbocycles. The minimum Gasteiger partial charge on any atom is -0.444 e. The van der Waals surface area contributed by atoms with E-state index in [1.807, 2.05) is 12.1 Å². The maximum atomic E-state index is 13.8. The van der Waals surface area contributed by atoms with E-state index in [2.05, 4.69) is 10.6 Å². The molecule has 2 aromatic rings. The van der Waals surface area contributed by atoms with Gasteiger partial charge in [0.15, 0.2) is 0 Å². The number of rotatable bonds is 6. The van der Waals surface area contributed by atoms with Crippen molar-refractivity contribution in [1.82, 2.24) is 5.32 Å². The summed E-state index contributed by atoms with van der Waals surface area (Å²) < 4.78 is 19.2. The number of fused-ring (bicyclic) bond motifs is 1. The molecule has 0 spiro atoms. The fraction of sp³-hybridized carbons (Fsp3) is 0.286. The van der Waals surface area contributed by atoms with E-state index in [1.54, 1.807) is 6.07 Å². The van der Waals surface area contributed by atoms with Crippen LogP contribution in [-0.4, -0.2) is 42.9 Å². The second-order valence-corrected chi connectivity index (χ2v) is 8.25. The molecule has 0 bridgehead atoms. The fourth-order valence-electron chi connectivity index (χ4n) is 3.52. The summed E-state index contributed by atoms with van der Waals surface area (Å²) in [6.07, 6.45) is 0.293. The molecule has 0 radical (unpaired) electrons. The molecule has 162 valence electrons. The predicted octanol–water partition coefficient (Wildman–Crippen LogP) is 2.99. The monoisotopic (exact) mass is 444 g/mol.